The first-order valence-corrected chi connectivity index (χ1v) is 10.0. The van der Waals surface area contributed by atoms with Crippen molar-refractivity contribution in [2.24, 2.45) is 5.84 Å². The summed E-state index contributed by atoms with van der Waals surface area (Å²) in [4.78, 5) is 16.3. The molecule has 2 fully saturated rings. The summed E-state index contributed by atoms with van der Waals surface area (Å²) in [6, 6.07) is 12.9. The van der Waals surface area contributed by atoms with Gasteiger partial charge in [-0.1, -0.05) is 29.8 Å². The smallest absolute Gasteiger partial charge is 0.265 e. The number of hydrogen-bond donors (Lipinski definition) is 2. The van der Waals surface area contributed by atoms with Crippen LogP contribution in [0, 0.1) is 5.82 Å². The zero-order chi connectivity index (χ0) is 20.4. The summed E-state index contributed by atoms with van der Waals surface area (Å²) >= 11 is 6.24. The molecule has 8 heteroatoms. The van der Waals surface area contributed by atoms with Crippen molar-refractivity contribution in [3.8, 4) is 0 Å². The van der Waals surface area contributed by atoms with Crippen LogP contribution in [0.25, 0.3) is 0 Å². The number of piperazine rings is 1. The maximum atomic E-state index is 14.7. The first kappa shape index (κ1) is 20.3. The van der Waals surface area contributed by atoms with E-state index in [1.54, 1.807) is 12.1 Å². The second-order valence-corrected chi connectivity index (χ2v) is 7.94. The average molecular weight is 419 g/mol. The first-order valence-electron chi connectivity index (χ1n) is 9.66. The molecule has 29 heavy (non-hydrogen) atoms. The Morgan fingerprint density at radius 3 is 2.72 bits per heavy atom. The van der Waals surface area contributed by atoms with E-state index >= 15 is 0 Å². The highest BCUT2D eigenvalue weighted by Gasteiger charge is 2.35. The van der Waals surface area contributed by atoms with Crippen LogP contribution in [-0.4, -0.2) is 54.6 Å². The Morgan fingerprint density at radius 1 is 1.24 bits per heavy atom. The molecule has 0 bridgehead atoms. The highest BCUT2D eigenvalue weighted by Crippen LogP contribution is 2.31. The summed E-state index contributed by atoms with van der Waals surface area (Å²) in [5.41, 5.74) is 3.89. The molecule has 2 heterocycles. The van der Waals surface area contributed by atoms with E-state index < -0.39 is 11.7 Å². The summed E-state index contributed by atoms with van der Waals surface area (Å²) in [7, 11) is 0. The number of hydrogen-bond acceptors (Lipinski definition) is 5. The van der Waals surface area contributed by atoms with Crippen LogP contribution in [0.3, 0.4) is 0 Å². The largest absolute Gasteiger partial charge is 0.378 e. The van der Waals surface area contributed by atoms with E-state index in [4.69, 9.17) is 22.2 Å². The quantitative estimate of drug-likeness (QED) is 0.443. The first-order chi connectivity index (χ1) is 14.0. The van der Waals surface area contributed by atoms with E-state index in [0.29, 0.717) is 23.2 Å². The van der Waals surface area contributed by atoms with E-state index in [-0.39, 0.29) is 11.6 Å². The molecule has 0 aliphatic carbocycles. The lowest BCUT2D eigenvalue weighted by Gasteiger charge is -2.47. The van der Waals surface area contributed by atoms with E-state index in [1.165, 1.54) is 6.07 Å². The normalized spacial score (nSPS) is 21.0. The Kier molecular flexibility index (Phi) is 6.12. The van der Waals surface area contributed by atoms with Crippen molar-refractivity contribution in [2.45, 2.75) is 18.6 Å². The van der Waals surface area contributed by atoms with E-state index in [9.17, 15) is 9.18 Å². The lowest BCUT2D eigenvalue weighted by atomic mass is 9.99. The second-order valence-electron chi connectivity index (χ2n) is 7.51. The molecule has 1 atom stereocenters. The monoisotopic (exact) mass is 418 g/mol. The van der Waals surface area contributed by atoms with E-state index in [0.717, 1.165) is 38.4 Å². The molecule has 3 N–H and O–H groups in total. The molecule has 0 spiro atoms. The van der Waals surface area contributed by atoms with Gasteiger partial charge in [0.15, 0.2) is 0 Å². The van der Waals surface area contributed by atoms with Crippen LogP contribution < -0.4 is 11.3 Å². The van der Waals surface area contributed by atoms with Gasteiger partial charge in [-0.3, -0.25) is 20.0 Å². The van der Waals surface area contributed by atoms with Crippen molar-refractivity contribution in [1.29, 1.82) is 0 Å². The van der Waals surface area contributed by atoms with Crippen molar-refractivity contribution in [3.05, 3.63) is 70.0 Å². The number of rotatable bonds is 5. The fourth-order valence-electron chi connectivity index (χ4n) is 3.95. The number of carbonyl (C=O) groups excluding carboxylic acids is 1. The van der Waals surface area contributed by atoms with Crippen LogP contribution >= 0.6 is 11.6 Å². The van der Waals surface area contributed by atoms with Crippen molar-refractivity contribution in [3.63, 3.8) is 0 Å². The van der Waals surface area contributed by atoms with Gasteiger partial charge in [0.05, 0.1) is 19.3 Å². The highest BCUT2D eigenvalue weighted by atomic mass is 35.5. The minimum Gasteiger partial charge on any atom is -0.378 e. The zero-order valence-corrected chi connectivity index (χ0v) is 16.7. The van der Waals surface area contributed by atoms with Gasteiger partial charge >= 0.3 is 0 Å². The third-order valence-corrected chi connectivity index (χ3v) is 5.95. The third kappa shape index (κ3) is 4.44. The minimum absolute atomic E-state index is 0.0921. The summed E-state index contributed by atoms with van der Waals surface area (Å²) in [5, 5.41) is 0.690. The number of nitrogens with zero attached hydrogens (tertiary/aromatic N) is 2. The number of carbonyl (C=O) groups is 1. The molecule has 0 saturated carbocycles. The topological polar surface area (TPSA) is 70.8 Å². The fraction of sp³-hybridized carbons (Fsp3) is 0.381. The number of ether oxygens (including phenoxy) is 1. The van der Waals surface area contributed by atoms with Gasteiger partial charge in [-0.15, -0.1) is 0 Å². The maximum absolute atomic E-state index is 14.7. The molecule has 154 valence electrons. The van der Waals surface area contributed by atoms with Crippen molar-refractivity contribution < 1.29 is 13.9 Å². The summed E-state index contributed by atoms with van der Waals surface area (Å²) in [6.07, 6.45) is 0. The van der Waals surface area contributed by atoms with Gasteiger partial charge in [0.1, 0.15) is 5.82 Å². The molecule has 2 saturated heterocycles. The molecule has 6 nitrogen and oxygen atoms in total. The van der Waals surface area contributed by atoms with Crippen LogP contribution in [0.2, 0.25) is 5.02 Å². The van der Waals surface area contributed by atoms with Gasteiger partial charge in [-0.25, -0.2) is 10.2 Å². The number of nitrogens with one attached hydrogen (secondary N) is 1. The number of hydrazine groups is 1. The zero-order valence-electron chi connectivity index (χ0n) is 16.0. The van der Waals surface area contributed by atoms with Crippen LogP contribution in [0.1, 0.15) is 27.5 Å². The number of benzene rings is 2. The Balaban J connectivity index is 1.56. The Bertz CT molecular complexity index is 893. The highest BCUT2D eigenvalue weighted by molar-refractivity contribution is 6.30. The van der Waals surface area contributed by atoms with Crippen LogP contribution in [0.5, 0.6) is 0 Å². The third-order valence-electron chi connectivity index (χ3n) is 5.71. The summed E-state index contributed by atoms with van der Waals surface area (Å²) in [6.45, 7) is 4.52. The molecule has 2 aromatic rings. The Labute approximate surface area is 174 Å². The van der Waals surface area contributed by atoms with Gasteiger partial charge in [0, 0.05) is 48.4 Å². The molecule has 2 aromatic carbocycles. The van der Waals surface area contributed by atoms with Gasteiger partial charge in [-0.05, 0) is 29.8 Å². The van der Waals surface area contributed by atoms with Gasteiger partial charge in [-0.2, -0.15) is 0 Å². The van der Waals surface area contributed by atoms with Gasteiger partial charge < -0.3 is 4.74 Å². The Morgan fingerprint density at radius 2 is 2.07 bits per heavy atom. The molecule has 0 aromatic heterocycles. The lowest BCUT2D eigenvalue weighted by Crippen LogP contribution is -2.57. The fourth-order valence-corrected chi connectivity index (χ4v) is 4.14. The molecular formula is C21H24ClFN4O2. The summed E-state index contributed by atoms with van der Waals surface area (Å²) < 4.78 is 20.0. The predicted octanol–water partition coefficient (Wildman–Crippen LogP) is 2.34. The Hall–Kier alpha value is -2.03. The standard InChI is InChI=1S/C21H24ClFN4O2/c22-17-3-1-2-14(8-17)20-11-26(18-12-29-13-18)6-7-27(20)10-16-5-4-15(9-19(16)23)21(28)25-24/h1-5,8-9,18,20H,6-7,10-13,24H2,(H,25,28). The average Bonchev–Trinajstić information content (AvgIpc) is 2.68. The molecular weight excluding hydrogens is 395 g/mol. The van der Waals surface area contributed by atoms with Crippen molar-refractivity contribution in [1.82, 2.24) is 15.2 Å². The maximum Gasteiger partial charge on any atom is 0.265 e. The van der Waals surface area contributed by atoms with Crippen LogP contribution in [0.15, 0.2) is 42.5 Å². The molecule has 4 rings (SSSR count). The van der Waals surface area contributed by atoms with Gasteiger partial charge in [0.2, 0.25) is 0 Å². The summed E-state index contributed by atoms with van der Waals surface area (Å²) in [5.74, 6) is 4.21. The minimum atomic E-state index is -0.511. The molecule has 2 aliphatic heterocycles. The van der Waals surface area contributed by atoms with Crippen molar-refractivity contribution >= 4 is 17.5 Å². The van der Waals surface area contributed by atoms with E-state index in [1.807, 2.05) is 23.6 Å². The number of amides is 1. The predicted molar refractivity (Wildman–Crippen MR) is 109 cm³/mol. The van der Waals surface area contributed by atoms with Gasteiger partial charge in [0.25, 0.3) is 5.91 Å². The number of halogens is 2. The number of nitrogen functional groups attached to an aromatic ring is 1. The van der Waals surface area contributed by atoms with Crippen LogP contribution in [-0.2, 0) is 11.3 Å². The molecule has 1 unspecified atom stereocenters. The number of nitrogens with two attached hydrogens (primary N) is 1. The molecule has 1 amide bonds. The van der Waals surface area contributed by atoms with Crippen LogP contribution in [0.4, 0.5) is 4.39 Å². The second kappa shape index (κ2) is 8.77. The van der Waals surface area contributed by atoms with Crippen molar-refractivity contribution in [2.75, 3.05) is 32.8 Å². The molecule has 0 radical (unpaired) electrons. The van der Waals surface area contributed by atoms with E-state index in [2.05, 4.69) is 15.9 Å². The lowest BCUT2D eigenvalue weighted by molar-refractivity contribution is -0.0878. The molecule has 2 aliphatic rings. The SMILES string of the molecule is NNC(=O)c1ccc(CN2CCN(C3COC3)CC2c2cccc(Cl)c2)c(F)c1.